The molecule has 0 N–H and O–H groups in total. The Bertz CT molecular complexity index is 729. The van der Waals surface area contributed by atoms with Gasteiger partial charge in [0.15, 0.2) is 0 Å². The van der Waals surface area contributed by atoms with E-state index in [9.17, 15) is 0 Å². The van der Waals surface area contributed by atoms with Crippen molar-refractivity contribution >= 4 is 31.6 Å². The second kappa shape index (κ2) is 23.2. The van der Waals surface area contributed by atoms with Crippen LogP contribution in [-0.2, 0) is 13.1 Å². The van der Waals surface area contributed by atoms with Crippen LogP contribution in [-0.4, -0.2) is 28.5 Å². The molecule has 0 bridgehead atoms. The molecule has 2 fully saturated rings. The summed E-state index contributed by atoms with van der Waals surface area (Å²) in [6.45, 7) is 4.34. The number of hydrogen-bond acceptors (Lipinski definition) is 3. The first-order valence-electron chi connectivity index (χ1n) is 16.1. The fourth-order valence-electron chi connectivity index (χ4n) is 6.06. The Kier molecular flexibility index (Phi) is 20.7. The Morgan fingerprint density at radius 3 is 1.10 bits per heavy atom. The van der Waals surface area contributed by atoms with Crippen molar-refractivity contribution in [1.29, 1.82) is 0 Å². The van der Waals surface area contributed by atoms with E-state index in [0.29, 0.717) is 12.1 Å². The molecule has 0 saturated heterocycles. The summed E-state index contributed by atoms with van der Waals surface area (Å²) < 4.78 is 0. The fraction of sp³-hybridized carbons (Fsp3) is 0.788. The summed E-state index contributed by atoms with van der Waals surface area (Å²) >= 11 is 0.194. The molecule has 0 unspecified atom stereocenters. The Morgan fingerprint density at radius 2 is 0.821 bits per heavy atom. The molecule has 39 heavy (non-hydrogen) atoms. The minimum absolute atomic E-state index is 0.194. The van der Waals surface area contributed by atoms with Crippen LogP contribution in [0.4, 0.5) is 0 Å². The molecule has 2 aliphatic carbocycles. The standard InChI is InChI=1S/C33H55N3.2ClH.Fe/c1-28(34-30-22-17-13-9-5-3-6-10-14-18-23-30)32-26-21-27-33(36-32)29(2)35-31-24-19-15-11-7-4-8-12-16-20-25-31;;;/h21,26-27,30-31H,3-20,22-25H2,1-2H3;2*1H;/q;;;+2/p-2. The molecule has 6 heteroatoms. The van der Waals surface area contributed by atoms with Gasteiger partial charge in [-0.25, -0.2) is 4.98 Å². The number of rotatable bonds is 4. The topological polar surface area (TPSA) is 37.6 Å². The van der Waals surface area contributed by atoms with Gasteiger partial charge in [0.2, 0.25) is 0 Å². The van der Waals surface area contributed by atoms with Gasteiger partial charge in [-0.05, 0) is 51.7 Å². The van der Waals surface area contributed by atoms with Gasteiger partial charge in [0.1, 0.15) is 0 Å². The van der Waals surface area contributed by atoms with E-state index in [4.69, 9.17) is 35.2 Å². The molecule has 1 aromatic heterocycles. The third kappa shape index (κ3) is 16.6. The average molecular weight is 621 g/mol. The number of aromatic nitrogens is 1. The Labute approximate surface area is 255 Å². The van der Waals surface area contributed by atoms with Crippen molar-refractivity contribution in [2.75, 3.05) is 0 Å². The van der Waals surface area contributed by atoms with Gasteiger partial charge in [-0.1, -0.05) is 122 Å². The summed E-state index contributed by atoms with van der Waals surface area (Å²) in [5.41, 5.74) is 4.28. The predicted octanol–water partition coefficient (Wildman–Crippen LogP) is 11.4. The predicted molar refractivity (Wildman–Crippen MR) is 170 cm³/mol. The number of hydrogen-bond donors (Lipinski definition) is 0. The van der Waals surface area contributed by atoms with Gasteiger partial charge in [0.05, 0.1) is 34.9 Å². The number of nitrogens with zero attached hydrogens (tertiary/aromatic N) is 3. The summed E-state index contributed by atoms with van der Waals surface area (Å²) in [7, 11) is 9.53. The van der Waals surface area contributed by atoms with Crippen LogP contribution < -0.4 is 0 Å². The first kappa shape index (κ1) is 34.8. The van der Waals surface area contributed by atoms with E-state index in [-0.39, 0.29) is 13.1 Å². The molecule has 0 radical (unpaired) electrons. The van der Waals surface area contributed by atoms with E-state index < -0.39 is 0 Å². The van der Waals surface area contributed by atoms with E-state index in [1.807, 2.05) is 0 Å². The van der Waals surface area contributed by atoms with Crippen molar-refractivity contribution in [3.63, 3.8) is 0 Å². The van der Waals surface area contributed by atoms with Crippen LogP contribution in [0, 0.1) is 0 Å². The molecule has 1 heterocycles. The molecule has 0 aliphatic heterocycles. The molecule has 0 atom stereocenters. The monoisotopic (exact) mass is 619 g/mol. The van der Waals surface area contributed by atoms with Gasteiger partial charge in [-0.15, -0.1) is 0 Å². The summed E-state index contributed by atoms with van der Waals surface area (Å²) in [4.78, 5) is 15.5. The zero-order valence-corrected chi connectivity index (χ0v) is 27.5. The maximum absolute atomic E-state index is 5.22. The molecule has 1 aromatic rings. The van der Waals surface area contributed by atoms with Crippen molar-refractivity contribution in [3.05, 3.63) is 29.6 Å². The number of aliphatic imine (C=N–C) groups is 2. The van der Waals surface area contributed by atoms with Gasteiger partial charge in [0, 0.05) is 0 Å². The van der Waals surface area contributed by atoms with Crippen molar-refractivity contribution in [2.24, 2.45) is 9.98 Å². The number of pyridine rings is 1. The normalized spacial score (nSPS) is 21.4. The van der Waals surface area contributed by atoms with Gasteiger partial charge in [0.25, 0.3) is 0 Å². The molecule has 224 valence electrons. The molecule has 3 nitrogen and oxygen atoms in total. The zero-order chi connectivity index (χ0) is 28.0. The minimum atomic E-state index is 0.194. The molecule has 3 rings (SSSR count). The Hall–Kier alpha value is -0.411. The van der Waals surface area contributed by atoms with Crippen LogP contribution in [0.3, 0.4) is 0 Å². The van der Waals surface area contributed by atoms with Crippen LogP contribution in [0.5, 0.6) is 0 Å². The third-order valence-corrected chi connectivity index (χ3v) is 8.39. The van der Waals surface area contributed by atoms with E-state index in [0.717, 1.165) is 22.8 Å². The van der Waals surface area contributed by atoms with E-state index in [1.165, 1.54) is 141 Å². The summed E-state index contributed by atoms with van der Waals surface area (Å²) in [5.74, 6) is 0. The van der Waals surface area contributed by atoms with Gasteiger partial charge in [-0.3, -0.25) is 9.98 Å². The van der Waals surface area contributed by atoms with Crippen molar-refractivity contribution in [3.8, 4) is 0 Å². The summed E-state index contributed by atoms with van der Waals surface area (Å²) in [6, 6.07) is 7.35. The molecule has 2 aliphatic rings. The zero-order valence-electron chi connectivity index (χ0n) is 24.9. The van der Waals surface area contributed by atoms with Crippen molar-refractivity contribution < 1.29 is 13.1 Å². The molecular weight excluding hydrogens is 565 g/mol. The van der Waals surface area contributed by atoms with E-state index in [2.05, 4.69) is 32.0 Å². The molecule has 0 amide bonds. The van der Waals surface area contributed by atoms with Gasteiger partial charge >= 0.3 is 33.3 Å². The van der Waals surface area contributed by atoms with Crippen LogP contribution in [0.2, 0.25) is 0 Å². The Morgan fingerprint density at radius 1 is 0.564 bits per heavy atom. The number of halogens is 2. The van der Waals surface area contributed by atoms with Crippen LogP contribution in [0.1, 0.15) is 166 Å². The van der Waals surface area contributed by atoms with Crippen LogP contribution in [0.15, 0.2) is 28.2 Å². The summed E-state index contributed by atoms with van der Waals surface area (Å²) in [6.07, 6.45) is 29.9. The van der Waals surface area contributed by atoms with Crippen LogP contribution in [0.25, 0.3) is 0 Å². The molecule has 0 aromatic carbocycles. The SMILES string of the molecule is CC(=NC1CCCCCCCCCCC1)c1cccc(C(C)=NC2CCCCCCCCCCC2)n1.[Cl][Fe][Cl]. The second-order valence-corrected chi connectivity index (χ2v) is 13.5. The van der Waals surface area contributed by atoms with Crippen molar-refractivity contribution in [2.45, 2.75) is 167 Å². The maximum atomic E-state index is 5.22. The third-order valence-electron chi connectivity index (χ3n) is 8.39. The van der Waals surface area contributed by atoms with E-state index in [1.54, 1.807) is 0 Å². The molecule has 2 saturated carbocycles. The average Bonchev–Trinajstić information content (AvgIpc) is 2.92. The van der Waals surface area contributed by atoms with Crippen molar-refractivity contribution in [1.82, 2.24) is 4.98 Å². The second-order valence-electron chi connectivity index (χ2n) is 11.7. The quantitative estimate of drug-likeness (QED) is 0.244. The first-order valence-corrected chi connectivity index (χ1v) is 19.1. The molecule has 0 spiro atoms. The van der Waals surface area contributed by atoms with Gasteiger partial charge in [-0.2, -0.15) is 0 Å². The van der Waals surface area contributed by atoms with E-state index >= 15 is 0 Å². The Balaban J connectivity index is 0.00000170. The fourth-order valence-corrected chi connectivity index (χ4v) is 6.06. The first-order chi connectivity index (χ1) is 19.1. The van der Waals surface area contributed by atoms with Gasteiger partial charge < -0.3 is 0 Å². The molecular formula is C33H55Cl2FeN3. The summed E-state index contributed by atoms with van der Waals surface area (Å²) in [5, 5.41) is 0. The van der Waals surface area contributed by atoms with Crippen LogP contribution >= 0.6 is 20.2 Å².